The van der Waals surface area contributed by atoms with E-state index in [2.05, 4.69) is 24.1 Å². The summed E-state index contributed by atoms with van der Waals surface area (Å²) in [5, 5.41) is 4.40. The number of hydrogen-bond donors (Lipinski definition) is 1. The summed E-state index contributed by atoms with van der Waals surface area (Å²) in [6.07, 6.45) is 0.723. The molecule has 0 aliphatic carbocycles. The van der Waals surface area contributed by atoms with Crippen molar-refractivity contribution in [3.8, 4) is 0 Å². The van der Waals surface area contributed by atoms with Crippen molar-refractivity contribution in [2.24, 2.45) is 5.92 Å². The highest BCUT2D eigenvalue weighted by Gasteiger charge is 2.43. The number of ether oxygens (including phenoxy) is 1. The third-order valence-electron chi connectivity index (χ3n) is 5.63. The predicted octanol–water partition coefficient (Wildman–Crippen LogP) is 2.46. The summed E-state index contributed by atoms with van der Waals surface area (Å²) >= 11 is 6.02. The van der Waals surface area contributed by atoms with Crippen LogP contribution in [0.4, 0.5) is 0 Å². The molecule has 1 aromatic rings. The molecule has 0 radical (unpaired) electrons. The molecule has 0 bridgehead atoms. The lowest BCUT2D eigenvalue weighted by molar-refractivity contribution is -0.147. The average Bonchev–Trinajstić information content (AvgIpc) is 2.63. The molecule has 2 saturated heterocycles. The summed E-state index contributed by atoms with van der Waals surface area (Å²) in [7, 11) is 1.68. The largest absolute Gasteiger partial charge is 0.383 e. The third kappa shape index (κ3) is 5.36. The predicted molar refractivity (Wildman–Crippen MR) is 112 cm³/mol. The molecule has 2 heterocycles. The smallest absolute Gasteiger partial charge is 0.240 e. The van der Waals surface area contributed by atoms with Gasteiger partial charge < -0.3 is 15.0 Å². The van der Waals surface area contributed by atoms with Gasteiger partial charge >= 0.3 is 0 Å². The number of methoxy groups -OCH3 is 1. The van der Waals surface area contributed by atoms with Crippen molar-refractivity contribution in [2.45, 2.75) is 38.4 Å². The number of fused-ring (bicyclic) bond motifs is 1. The Morgan fingerprint density at radius 3 is 2.59 bits per heavy atom. The van der Waals surface area contributed by atoms with Gasteiger partial charge in [-0.15, -0.1) is 12.4 Å². The van der Waals surface area contributed by atoms with E-state index in [0.29, 0.717) is 31.2 Å². The average molecular weight is 416 g/mol. The zero-order valence-electron chi connectivity index (χ0n) is 16.4. The van der Waals surface area contributed by atoms with Crippen LogP contribution in [-0.4, -0.2) is 73.7 Å². The minimum atomic E-state index is -0.116. The summed E-state index contributed by atoms with van der Waals surface area (Å²) in [6, 6.07) is 8.53. The van der Waals surface area contributed by atoms with Gasteiger partial charge in [-0.05, 0) is 30.0 Å². The zero-order chi connectivity index (χ0) is 18.7. The lowest BCUT2D eigenvalue weighted by Crippen LogP contribution is -2.70. The molecule has 0 unspecified atom stereocenters. The van der Waals surface area contributed by atoms with E-state index in [0.717, 1.165) is 36.6 Å². The number of piperazine rings is 2. The lowest BCUT2D eigenvalue weighted by atomic mass is 9.92. The Morgan fingerprint density at radius 1 is 1.26 bits per heavy atom. The second-order valence-electron chi connectivity index (χ2n) is 7.73. The van der Waals surface area contributed by atoms with Crippen molar-refractivity contribution >= 4 is 29.9 Å². The van der Waals surface area contributed by atoms with Crippen molar-refractivity contribution < 1.29 is 9.53 Å². The number of carbonyl (C=O) groups is 1. The number of benzene rings is 1. The quantitative estimate of drug-likeness (QED) is 0.774. The highest BCUT2D eigenvalue weighted by atomic mass is 35.5. The Balaban J connectivity index is 0.00000261. The van der Waals surface area contributed by atoms with Crippen LogP contribution in [0.2, 0.25) is 5.02 Å². The van der Waals surface area contributed by atoms with Gasteiger partial charge in [0.15, 0.2) is 0 Å². The van der Waals surface area contributed by atoms with E-state index in [1.165, 1.54) is 0 Å². The molecule has 0 saturated carbocycles. The fourth-order valence-corrected chi connectivity index (χ4v) is 4.12. The number of nitrogens with zero attached hydrogens (tertiary/aromatic N) is 2. The summed E-state index contributed by atoms with van der Waals surface area (Å²) in [6.45, 7) is 8.34. The maximum Gasteiger partial charge on any atom is 0.240 e. The van der Waals surface area contributed by atoms with Gasteiger partial charge in [0.2, 0.25) is 5.91 Å². The van der Waals surface area contributed by atoms with Gasteiger partial charge in [0.05, 0.1) is 12.6 Å². The van der Waals surface area contributed by atoms with Crippen LogP contribution in [0.15, 0.2) is 24.3 Å². The van der Waals surface area contributed by atoms with Crippen LogP contribution < -0.4 is 5.32 Å². The second-order valence-corrected chi connectivity index (χ2v) is 8.17. The molecule has 5 nitrogen and oxygen atoms in total. The summed E-state index contributed by atoms with van der Waals surface area (Å²) in [4.78, 5) is 17.6. The second kappa shape index (κ2) is 10.1. The van der Waals surface area contributed by atoms with Crippen LogP contribution in [0.3, 0.4) is 0 Å². The van der Waals surface area contributed by atoms with Crippen LogP contribution in [0.25, 0.3) is 0 Å². The fraction of sp³-hybridized carbons (Fsp3) is 0.650. The molecule has 1 aromatic carbocycles. The van der Waals surface area contributed by atoms with E-state index >= 15 is 0 Å². The minimum Gasteiger partial charge on any atom is -0.383 e. The normalized spacial score (nSPS) is 26.0. The van der Waals surface area contributed by atoms with Crippen LogP contribution in [-0.2, 0) is 16.0 Å². The maximum atomic E-state index is 13.2. The minimum absolute atomic E-state index is 0. The van der Waals surface area contributed by atoms with Crippen molar-refractivity contribution in [3.05, 3.63) is 34.9 Å². The molecule has 2 aliphatic rings. The molecule has 7 heteroatoms. The van der Waals surface area contributed by atoms with E-state index in [4.69, 9.17) is 16.3 Å². The van der Waals surface area contributed by atoms with E-state index in [1.54, 1.807) is 7.11 Å². The van der Waals surface area contributed by atoms with Crippen molar-refractivity contribution in [2.75, 3.05) is 39.9 Å². The van der Waals surface area contributed by atoms with Crippen LogP contribution in [0.1, 0.15) is 19.4 Å². The molecule has 1 amide bonds. The number of carbonyl (C=O) groups excluding carboxylic acids is 1. The summed E-state index contributed by atoms with van der Waals surface area (Å²) < 4.78 is 5.21. The molecule has 3 rings (SSSR count). The topological polar surface area (TPSA) is 44.8 Å². The van der Waals surface area contributed by atoms with Crippen LogP contribution in [0.5, 0.6) is 0 Å². The standard InChI is InChI=1S/C20H30ClN3O2.ClH/c1-14(2)18-13-24-17(11-22-18)12-23(8-9-26-3)20(25)19(24)10-15-4-6-16(21)7-5-15;/h4-7,14,17-19,22H,8-13H2,1-3H3;1H/t17-,18-,19+;/m1./s1. The van der Waals surface area contributed by atoms with Crippen LogP contribution >= 0.6 is 24.0 Å². The fourth-order valence-electron chi connectivity index (χ4n) is 3.99. The lowest BCUT2D eigenvalue weighted by Gasteiger charge is -2.51. The number of rotatable bonds is 6. The molecule has 2 fully saturated rings. The van der Waals surface area contributed by atoms with Gasteiger partial charge in [0.1, 0.15) is 0 Å². The van der Waals surface area contributed by atoms with Gasteiger partial charge in [-0.3, -0.25) is 9.69 Å². The molecule has 3 atom stereocenters. The van der Waals surface area contributed by atoms with Crippen molar-refractivity contribution in [3.63, 3.8) is 0 Å². The molecular formula is C20H31Cl2N3O2. The van der Waals surface area contributed by atoms with E-state index < -0.39 is 0 Å². The highest BCUT2D eigenvalue weighted by molar-refractivity contribution is 6.30. The number of amides is 1. The Kier molecular flexibility index (Phi) is 8.38. The monoisotopic (exact) mass is 415 g/mol. The van der Waals surface area contributed by atoms with Gasteiger partial charge in [0, 0.05) is 50.4 Å². The van der Waals surface area contributed by atoms with Gasteiger partial charge in [-0.1, -0.05) is 37.6 Å². The SMILES string of the molecule is COCCN1C[C@H]2CN[C@@H](C(C)C)CN2[C@@H](Cc2ccc(Cl)cc2)C1=O.Cl. The summed E-state index contributed by atoms with van der Waals surface area (Å²) in [5.41, 5.74) is 1.15. The molecule has 27 heavy (non-hydrogen) atoms. The maximum absolute atomic E-state index is 13.2. The first-order valence-corrected chi connectivity index (χ1v) is 9.88. The molecule has 0 aromatic heterocycles. The molecule has 0 spiro atoms. The first kappa shape index (κ1) is 22.4. The Hall–Kier alpha value is -0.850. The zero-order valence-corrected chi connectivity index (χ0v) is 17.9. The number of halogens is 2. The van der Waals surface area contributed by atoms with Gasteiger partial charge in [0.25, 0.3) is 0 Å². The Morgan fingerprint density at radius 2 is 1.96 bits per heavy atom. The van der Waals surface area contributed by atoms with E-state index in [-0.39, 0.29) is 24.4 Å². The molecule has 152 valence electrons. The Bertz CT molecular complexity index is 612. The van der Waals surface area contributed by atoms with Gasteiger partial charge in [-0.25, -0.2) is 0 Å². The molecular weight excluding hydrogens is 385 g/mol. The van der Waals surface area contributed by atoms with Crippen LogP contribution in [0, 0.1) is 5.92 Å². The Labute approximate surface area is 173 Å². The molecule has 1 N–H and O–H groups in total. The van der Waals surface area contributed by atoms with Crippen molar-refractivity contribution in [1.29, 1.82) is 0 Å². The molecule has 2 aliphatic heterocycles. The van der Waals surface area contributed by atoms with Crippen molar-refractivity contribution in [1.82, 2.24) is 15.1 Å². The van der Waals surface area contributed by atoms with E-state index in [9.17, 15) is 4.79 Å². The van der Waals surface area contributed by atoms with E-state index in [1.807, 2.05) is 29.2 Å². The highest BCUT2D eigenvalue weighted by Crippen LogP contribution is 2.25. The first-order chi connectivity index (χ1) is 12.5. The number of nitrogens with one attached hydrogen (secondary N) is 1. The van der Waals surface area contributed by atoms with Gasteiger partial charge in [-0.2, -0.15) is 0 Å². The number of hydrogen-bond acceptors (Lipinski definition) is 4. The first-order valence-electron chi connectivity index (χ1n) is 9.51. The summed E-state index contributed by atoms with van der Waals surface area (Å²) in [5.74, 6) is 0.770. The third-order valence-corrected chi connectivity index (χ3v) is 5.88.